The van der Waals surface area contributed by atoms with Crippen molar-refractivity contribution in [2.45, 2.75) is 4.90 Å². The van der Waals surface area contributed by atoms with Crippen LogP contribution in [0.2, 0.25) is 0 Å². The highest BCUT2D eigenvalue weighted by molar-refractivity contribution is 7.89. The third-order valence-corrected chi connectivity index (χ3v) is 7.28. The van der Waals surface area contributed by atoms with Crippen molar-refractivity contribution in [2.24, 2.45) is 0 Å². The van der Waals surface area contributed by atoms with E-state index in [9.17, 15) is 18.0 Å². The number of hydrogen-bond acceptors (Lipinski definition) is 7. The van der Waals surface area contributed by atoms with Gasteiger partial charge in [0.05, 0.1) is 18.7 Å². The first-order chi connectivity index (χ1) is 16.9. The summed E-state index contributed by atoms with van der Waals surface area (Å²) in [6.45, 7) is 1.93. The topological polar surface area (TPSA) is 139 Å². The zero-order chi connectivity index (χ0) is 24.6. The zero-order valence-corrected chi connectivity index (χ0v) is 19.6. The van der Waals surface area contributed by atoms with Crippen molar-refractivity contribution < 1.29 is 17.9 Å². The summed E-state index contributed by atoms with van der Waals surface area (Å²) >= 11 is 0. The molecule has 4 aromatic rings. The molecule has 0 spiro atoms. The fourth-order valence-electron chi connectivity index (χ4n) is 3.99. The summed E-state index contributed by atoms with van der Waals surface area (Å²) in [5.41, 5.74) is 1.92. The summed E-state index contributed by atoms with van der Waals surface area (Å²) in [4.78, 5) is 37.8. The summed E-state index contributed by atoms with van der Waals surface area (Å²) in [5.74, 6) is 0.0589. The minimum atomic E-state index is -3.80. The predicted octanol–water partition coefficient (Wildman–Crippen LogP) is 1.16. The minimum Gasteiger partial charge on any atom is -0.378 e. The number of aromatic nitrogens is 4. The van der Waals surface area contributed by atoms with Crippen LogP contribution in [0.4, 0.5) is 0 Å². The van der Waals surface area contributed by atoms with Gasteiger partial charge >= 0.3 is 0 Å². The lowest BCUT2D eigenvalue weighted by Crippen LogP contribution is -2.40. The largest absolute Gasteiger partial charge is 0.378 e. The summed E-state index contributed by atoms with van der Waals surface area (Å²) in [5, 5.41) is 0.431. The molecule has 12 heteroatoms. The van der Waals surface area contributed by atoms with Crippen molar-refractivity contribution in [1.82, 2.24) is 29.1 Å². The Morgan fingerprint density at radius 2 is 1.83 bits per heavy atom. The quantitative estimate of drug-likeness (QED) is 0.424. The van der Waals surface area contributed by atoms with Gasteiger partial charge in [0.2, 0.25) is 21.5 Å². The van der Waals surface area contributed by atoms with Crippen molar-refractivity contribution in [3.05, 3.63) is 71.0 Å². The average molecular weight is 495 g/mol. The van der Waals surface area contributed by atoms with Crippen LogP contribution in [0.3, 0.4) is 0 Å². The van der Waals surface area contributed by atoms with E-state index >= 15 is 0 Å². The van der Waals surface area contributed by atoms with Gasteiger partial charge in [-0.25, -0.2) is 23.1 Å². The zero-order valence-electron chi connectivity index (χ0n) is 18.8. The number of morpholine rings is 1. The SMILES string of the molecule is CNS(=O)(=O)c1cn(-c2ncc(-c3cc[nH]c(=O)c3)cn2)c2cc(C(=O)N3CCOCC3)ccc12. The minimum absolute atomic E-state index is 0.0441. The van der Waals surface area contributed by atoms with Gasteiger partial charge in [-0.05, 0) is 30.8 Å². The number of carbonyl (C=O) groups is 1. The van der Waals surface area contributed by atoms with Gasteiger partial charge in [0.25, 0.3) is 5.91 Å². The molecule has 3 aromatic heterocycles. The molecule has 0 radical (unpaired) electrons. The Labute approximate surface area is 200 Å². The molecule has 0 aliphatic carbocycles. The molecule has 2 N–H and O–H groups in total. The van der Waals surface area contributed by atoms with Crippen LogP contribution in [-0.2, 0) is 14.8 Å². The highest BCUT2D eigenvalue weighted by Gasteiger charge is 2.24. The van der Waals surface area contributed by atoms with E-state index in [4.69, 9.17) is 4.74 Å². The first-order valence-electron chi connectivity index (χ1n) is 10.8. The number of fused-ring (bicyclic) bond motifs is 1. The standard InChI is InChI=1S/C23H22N6O5S/c1-24-35(32,33)20-14-29(23-26-12-17(13-27-23)15-4-5-25-21(30)11-15)19-10-16(2-3-18(19)20)22(31)28-6-8-34-9-7-28/h2-5,10-14,24H,6-9H2,1H3,(H,25,30). The van der Waals surface area contributed by atoms with Crippen molar-refractivity contribution in [1.29, 1.82) is 0 Å². The Hall–Kier alpha value is -3.87. The molecule has 0 unspecified atom stereocenters. The summed E-state index contributed by atoms with van der Waals surface area (Å²) in [6, 6.07) is 8.05. The Balaban J connectivity index is 1.61. The second kappa shape index (κ2) is 9.06. The number of amides is 1. The van der Waals surface area contributed by atoms with Crippen LogP contribution in [0, 0.1) is 0 Å². The lowest BCUT2D eigenvalue weighted by Gasteiger charge is -2.26. The number of H-pyrrole nitrogens is 1. The lowest BCUT2D eigenvalue weighted by molar-refractivity contribution is 0.0303. The molecule has 35 heavy (non-hydrogen) atoms. The van der Waals surface area contributed by atoms with E-state index < -0.39 is 10.0 Å². The summed E-state index contributed by atoms with van der Waals surface area (Å²) in [6.07, 6.45) is 6.07. The fourth-order valence-corrected chi connectivity index (χ4v) is 4.91. The average Bonchev–Trinajstić information content (AvgIpc) is 3.29. The molecule has 0 atom stereocenters. The van der Waals surface area contributed by atoms with Crippen LogP contribution < -0.4 is 10.3 Å². The highest BCUT2D eigenvalue weighted by atomic mass is 32.2. The maximum absolute atomic E-state index is 13.1. The third-order valence-electron chi connectivity index (χ3n) is 5.83. The van der Waals surface area contributed by atoms with Crippen molar-refractivity contribution >= 4 is 26.8 Å². The maximum atomic E-state index is 13.1. The molecule has 1 aromatic carbocycles. The Morgan fingerprint density at radius 1 is 1.09 bits per heavy atom. The lowest BCUT2D eigenvalue weighted by atomic mass is 10.1. The van der Waals surface area contributed by atoms with E-state index in [1.807, 2.05) is 0 Å². The predicted molar refractivity (Wildman–Crippen MR) is 128 cm³/mol. The number of ether oxygens (including phenoxy) is 1. The Kier molecular flexibility index (Phi) is 5.93. The molecule has 1 aliphatic heterocycles. The van der Waals surface area contributed by atoms with Crippen LogP contribution in [0.1, 0.15) is 10.4 Å². The Bertz CT molecular complexity index is 1570. The molecular formula is C23H22N6O5S. The molecular weight excluding hydrogens is 472 g/mol. The number of nitrogens with zero attached hydrogens (tertiary/aromatic N) is 4. The molecule has 5 rings (SSSR count). The first-order valence-corrected chi connectivity index (χ1v) is 12.3. The van der Waals surface area contributed by atoms with Crippen molar-refractivity contribution in [3.8, 4) is 17.1 Å². The molecule has 1 saturated heterocycles. The monoisotopic (exact) mass is 494 g/mol. The number of aromatic amines is 1. The number of nitrogens with one attached hydrogen (secondary N) is 2. The number of rotatable bonds is 5. The summed E-state index contributed by atoms with van der Waals surface area (Å²) < 4.78 is 34.6. The smallest absolute Gasteiger partial charge is 0.254 e. The van der Waals surface area contributed by atoms with Gasteiger partial charge in [-0.1, -0.05) is 6.07 Å². The number of pyridine rings is 1. The molecule has 1 amide bonds. The van der Waals surface area contributed by atoms with Gasteiger partial charge in [0.1, 0.15) is 4.90 Å². The number of carbonyl (C=O) groups excluding carboxylic acids is 1. The maximum Gasteiger partial charge on any atom is 0.254 e. The van der Waals surface area contributed by atoms with E-state index in [-0.39, 0.29) is 22.3 Å². The van der Waals surface area contributed by atoms with E-state index in [1.54, 1.807) is 41.6 Å². The highest BCUT2D eigenvalue weighted by Crippen LogP contribution is 2.29. The normalized spacial score (nSPS) is 14.4. The van der Waals surface area contributed by atoms with Crippen LogP contribution >= 0.6 is 0 Å². The van der Waals surface area contributed by atoms with E-state index in [1.165, 1.54) is 30.1 Å². The van der Waals surface area contributed by atoms with Crippen LogP contribution in [0.15, 0.2) is 64.8 Å². The molecule has 4 heterocycles. The van der Waals surface area contributed by atoms with Crippen molar-refractivity contribution in [3.63, 3.8) is 0 Å². The molecule has 1 fully saturated rings. The number of hydrogen-bond donors (Lipinski definition) is 2. The molecule has 0 saturated carbocycles. The van der Waals surface area contributed by atoms with Crippen LogP contribution in [-0.4, -0.2) is 72.1 Å². The van der Waals surface area contributed by atoms with E-state index in [2.05, 4.69) is 19.7 Å². The van der Waals surface area contributed by atoms with E-state index in [0.717, 1.165) is 0 Å². The van der Waals surface area contributed by atoms with Gasteiger partial charge in [-0.2, -0.15) is 0 Å². The number of sulfonamides is 1. The van der Waals surface area contributed by atoms with Crippen molar-refractivity contribution in [2.75, 3.05) is 33.4 Å². The first kappa shape index (κ1) is 22.9. The van der Waals surface area contributed by atoms with Gasteiger partial charge in [-0.3, -0.25) is 14.2 Å². The van der Waals surface area contributed by atoms with Gasteiger partial charge in [-0.15, -0.1) is 0 Å². The Morgan fingerprint density at radius 3 is 2.51 bits per heavy atom. The molecule has 11 nitrogen and oxygen atoms in total. The summed E-state index contributed by atoms with van der Waals surface area (Å²) in [7, 11) is -2.46. The molecule has 180 valence electrons. The van der Waals surface area contributed by atoms with Gasteiger partial charge in [0.15, 0.2) is 0 Å². The second-order valence-corrected chi connectivity index (χ2v) is 9.78. The fraction of sp³-hybridized carbons (Fsp3) is 0.217. The van der Waals surface area contributed by atoms with Gasteiger partial charge < -0.3 is 14.6 Å². The van der Waals surface area contributed by atoms with Gasteiger partial charge in [0, 0.05) is 60.5 Å². The van der Waals surface area contributed by atoms with Crippen LogP contribution in [0.25, 0.3) is 28.0 Å². The molecule has 0 bridgehead atoms. The second-order valence-electron chi connectivity index (χ2n) is 7.92. The molecule has 1 aliphatic rings. The third kappa shape index (κ3) is 4.34. The number of benzene rings is 1. The van der Waals surface area contributed by atoms with Crippen LogP contribution in [0.5, 0.6) is 0 Å². The van der Waals surface area contributed by atoms with E-state index in [0.29, 0.717) is 53.9 Å².